The Balaban J connectivity index is 2.10. The molecule has 0 bridgehead atoms. The van der Waals surface area contributed by atoms with E-state index in [9.17, 15) is 9.18 Å². The third-order valence-corrected chi connectivity index (χ3v) is 3.52. The Morgan fingerprint density at radius 1 is 1.19 bits per heavy atom. The van der Waals surface area contributed by atoms with Crippen LogP contribution in [-0.4, -0.2) is 11.8 Å². The smallest absolute Gasteiger partial charge is 0.255 e. The van der Waals surface area contributed by atoms with Crippen molar-refractivity contribution in [3.8, 4) is 0 Å². The molecule has 1 N–H and O–H groups in total. The second-order valence-corrected chi connectivity index (χ2v) is 5.36. The second-order valence-electron chi connectivity index (χ2n) is 4.58. The van der Waals surface area contributed by atoms with E-state index in [0.29, 0.717) is 17.1 Å². The van der Waals surface area contributed by atoms with Crippen LogP contribution in [0.15, 0.2) is 42.5 Å². The number of nitrogens with one attached hydrogen (secondary N) is 1. The Hall–Kier alpha value is -1.58. The lowest BCUT2D eigenvalue weighted by Crippen LogP contribution is -2.12. The molecule has 5 heteroatoms. The predicted octanol–water partition coefficient (Wildman–Crippen LogP) is 4.90. The van der Waals surface area contributed by atoms with Gasteiger partial charge in [0.1, 0.15) is 5.82 Å². The normalized spacial score (nSPS) is 10.4. The molecule has 1 amide bonds. The van der Waals surface area contributed by atoms with Crippen LogP contribution in [-0.2, 0) is 6.42 Å². The van der Waals surface area contributed by atoms with Gasteiger partial charge >= 0.3 is 0 Å². The standard InChI is InChI=1S/C16H14Cl2FNO/c17-8-2-4-11-3-1-5-13(9-11)20-16(21)12-6-7-15(19)14(18)10-12/h1,3,5-7,9-10H,2,4,8H2,(H,20,21). The number of hydrogen-bond donors (Lipinski definition) is 1. The maximum atomic E-state index is 13.1. The average Bonchev–Trinajstić information content (AvgIpc) is 2.48. The predicted molar refractivity (Wildman–Crippen MR) is 84.8 cm³/mol. The van der Waals surface area contributed by atoms with Gasteiger partial charge in [0.25, 0.3) is 5.91 Å². The lowest BCUT2D eigenvalue weighted by molar-refractivity contribution is 0.102. The van der Waals surface area contributed by atoms with E-state index in [1.54, 1.807) is 6.07 Å². The highest BCUT2D eigenvalue weighted by molar-refractivity contribution is 6.31. The van der Waals surface area contributed by atoms with Gasteiger partial charge in [-0.2, -0.15) is 0 Å². The van der Waals surface area contributed by atoms with Crippen LogP contribution in [0.2, 0.25) is 5.02 Å². The van der Waals surface area contributed by atoms with Gasteiger partial charge in [-0.3, -0.25) is 4.79 Å². The minimum absolute atomic E-state index is 0.0708. The zero-order valence-electron chi connectivity index (χ0n) is 11.2. The highest BCUT2D eigenvalue weighted by atomic mass is 35.5. The molecular formula is C16H14Cl2FNO. The molecule has 2 nitrogen and oxygen atoms in total. The first-order valence-corrected chi connectivity index (χ1v) is 7.42. The fourth-order valence-electron chi connectivity index (χ4n) is 1.92. The number of anilines is 1. The van der Waals surface area contributed by atoms with Crippen LogP contribution in [0.4, 0.5) is 10.1 Å². The van der Waals surface area contributed by atoms with Crippen LogP contribution in [0.1, 0.15) is 22.3 Å². The van der Waals surface area contributed by atoms with E-state index >= 15 is 0 Å². The molecule has 0 radical (unpaired) electrons. The van der Waals surface area contributed by atoms with Crippen molar-refractivity contribution in [3.05, 3.63) is 64.4 Å². The van der Waals surface area contributed by atoms with Gasteiger partial charge in [0.05, 0.1) is 5.02 Å². The Labute approximate surface area is 132 Å². The molecule has 0 spiro atoms. The van der Waals surface area contributed by atoms with Gasteiger partial charge in [-0.15, -0.1) is 11.6 Å². The molecule has 0 aliphatic heterocycles. The van der Waals surface area contributed by atoms with E-state index < -0.39 is 5.82 Å². The van der Waals surface area contributed by atoms with Crippen molar-refractivity contribution < 1.29 is 9.18 Å². The minimum Gasteiger partial charge on any atom is -0.322 e. The first kappa shape index (κ1) is 15.8. The van der Waals surface area contributed by atoms with Gasteiger partial charge in [-0.1, -0.05) is 23.7 Å². The second kappa shape index (κ2) is 7.43. The fourth-order valence-corrected chi connectivity index (χ4v) is 2.23. The van der Waals surface area contributed by atoms with E-state index in [1.807, 2.05) is 18.2 Å². The summed E-state index contributed by atoms with van der Waals surface area (Å²) in [5.41, 5.74) is 2.10. The van der Waals surface area contributed by atoms with E-state index in [4.69, 9.17) is 23.2 Å². The number of hydrogen-bond acceptors (Lipinski definition) is 1. The van der Waals surface area contributed by atoms with Crippen LogP contribution in [0.5, 0.6) is 0 Å². The summed E-state index contributed by atoms with van der Waals surface area (Å²) in [7, 11) is 0. The summed E-state index contributed by atoms with van der Waals surface area (Å²) in [5.74, 6) is -0.271. The highest BCUT2D eigenvalue weighted by Crippen LogP contribution is 2.18. The van der Waals surface area contributed by atoms with Gasteiger partial charge in [-0.05, 0) is 48.7 Å². The van der Waals surface area contributed by atoms with Crippen LogP contribution in [0.25, 0.3) is 0 Å². The number of carbonyl (C=O) groups excluding carboxylic acids is 1. The van der Waals surface area contributed by atoms with Gasteiger partial charge in [0, 0.05) is 17.1 Å². The van der Waals surface area contributed by atoms with Crippen molar-refractivity contribution in [2.45, 2.75) is 12.8 Å². The molecule has 0 aliphatic carbocycles. The van der Waals surface area contributed by atoms with Gasteiger partial charge < -0.3 is 5.32 Å². The topological polar surface area (TPSA) is 29.1 Å². The molecule has 110 valence electrons. The molecule has 0 saturated heterocycles. The van der Waals surface area contributed by atoms with E-state index in [-0.39, 0.29) is 10.9 Å². The summed E-state index contributed by atoms with van der Waals surface area (Å²) in [4.78, 5) is 12.1. The number of alkyl halides is 1. The van der Waals surface area contributed by atoms with Gasteiger partial charge in [-0.25, -0.2) is 4.39 Å². The largest absolute Gasteiger partial charge is 0.322 e. The van der Waals surface area contributed by atoms with Crippen molar-refractivity contribution in [2.24, 2.45) is 0 Å². The Morgan fingerprint density at radius 3 is 2.71 bits per heavy atom. The zero-order chi connectivity index (χ0) is 15.2. The number of benzene rings is 2. The summed E-state index contributed by atoms with van der Waals surface area (Å²) in [5, 5.41) is 2.70. The molecule has 0 atom stereocenters. The molecule has 2 aromatic carbocycles. The lowest BCUT2D eigenvalue weighted by Gasteiger charge is -2.08. The van der Waals surface area contributed by atoms with Gasteiger partial charge in [0.15, 0.2) is 0 Å². The fraction of sp³-hybridized carbons (Fsp3) is 0.188. The van der Waals surface area contributed by atoms with Crippen LogP contribution in [0.3, 0.4) is 0 Å². The first-order chi connectivity index (χ1) is 10.1. The molecule has 2 rings (SSSR count). The monoisotopic (exact) mass is 325 g/mol. The van der Waals surface area contributed by atoms with Crippen molar-refractivity contribution >= 4 is 34.8 Å². The van der Waals surface area contributed by atoms with Crippen molar-refractivity contribution in [1.29, 1.82) is 0 Å². The maximum Gasteiger partial charge on any atom is 0.255 e. The summed E-state index contributed by atoms with van der Waals surface area (Å²) >= 11 is 11.3. The lowest BCUT2D eigenvalue weighted by atomic mass is 10.1. The Kier molecular flexibility index (Phi) is 5.59. The number of rotatable bonds is 5. The van der Waals surface area contributed by atoms with E-state index in [0.717, 1.165) is 18.4 Å². The van der Waals surface area contributed by atoms with E-state index in [1.165, 1.54) is 18.2 Å². The van der Waals surface area contributed by atoms with Crippen LogP contribution < -0.4 is 5.32 Å². The first-order valence-electron chi connectivity index (χ1n) is 6.51. The summed E-state index contributed by atoms with van der Waals surface area (Å²) < 4.78 is 13.1. The van der Waals surface area contributed by atoms with Crippen molar-refractivity contribution in [2.75, 3.05) is 11.2 Å². The van der Waals surface area contributed by atoms with E-state index in [2.05, 4.69) is 5.32 Å². The van der Waals surface area contributed by atoms with Crippen LogP contribution in [0, 0.1) is 5.82 Å². The molecule has 2 aromatic rings. The van der Waals surface area contributed by atoms with Crippen molar-refractivity contribution in [3.63, 3.8) is 0 Å². The van der Waals surface area contributed by atoms with Crippen molar-refractivity contribution in [1.82, 2.24) is 0 Å². The number of aryl methyl sites for hydroxylation is 1. The number of halogens is 3. The zero-order valence-corrected chi connectivity index (χ0v) is 12.7. The number of carbonyl (C=O) groups is 1. The molecular weight excluding hydrogens is 312 g/mol. The highest BCUT2D eigenvalue weighted by Gasteiger charge is 2.09. The molecule has 0 fully saturated rings. The molecule has 0 saturated carbocycles. The Bertz CT molecular complexity index is 646. The summed E-state index contributed by atoms with van der Waals surface area (Å²) in [6, 6.07) is 11.4. The average molecular weight is 326 g/mol. The quantitative estimate of drug-likeness (QED) is 0.778. The van der Waals surface area contributed by atoms with Crippen LogP contribution >= 0.6 is 23.2 Å². The summed E-state index contributed by atoms with van der Waals surface area (Å²) in [6.45, 7) is 0. The summed E-state index contributed by atoms with van der Waals surface area (Å²) in [6.07, 6.45) is 1.74. The third-order valence-electron chi connectivity index (χ3n) is 2.97. The van der Waals surface area contributed by atoms with Gasteiger partial charge in [0.2, 0.25) is 0 Å². The molecule has 0 unspecified atom stereocenters. The third kappa shape index (κ3) is 4.45. The molecule has 21 heavy (non-hydrogen) atoms. The molecule has 0 aromatic heterocycles. The molecule has 0 heterocycles. The SMILES string of the molecule is O=C(Nc1cccc(CCCCl)c1)c1ccc(F)c(Cl)c1. The molecule has 0 aliphatic rings. The maximum absolute atomic E-state index is 13.1. The minimum atomic E-state index is -0.545. The number of amides is 1. The Morgan fingerprint density at radius 2 is 2.00 bits per heavy atom.